The summed E-state index contributed by atoms with van der Waals surface area (Å²) >= 11 is 5.78. The summed E-state index contributed by atoms with van der Waals surface area (Å²) in [7, 11) is -3.86. The van der Waals surface area contributed by atoms with Gasteiger partial charge in [0.2, 0.25) is 14.9 Å². The van der Waals surface area contributed by atoms with Crippen LogP contribution in [0.1, 0.15) is 21.7 Å². The van der Waals surface area contributed by atoms with Crippen LogP contribution >= 0.6 is 11.6 Å². The van der Waals surface area contributed by atoms with E-state index in [4.69, 9.17) is 16.0 Å². The molecule has 1 heterocycles. The topological polar surface area (TPSA) is 76.4 Å². The zero-order valence-corrected chi connectivity index (χ0v) is 15.7. The number of hydrogen-bond donors (Lipinski definition) is 1. The van der Waals surface area contributed by atoms with E-state index in [1.165, 1.54) is 36.4 Å². The fourth-order valence-electron chi connectivity index (χ4n) is 2.39. The Morgan fingerprint density at radius 3 is 2.38 bits per heavy atom. The Bertz CT molecular complexity index is 1070. The molecule has 3 aromatic rings. The molecule has 0 radical (unpaired) electrons. The van der Waals surface area contributed by atoms with E-state index in [-0.39, 0.29) is 15.7 Å². The number of aryl methyl sites for hydroxylation is 1. The first-order chi connectivity index (χ1) is 12.3. The molecule has 5 nitrogen and oxygen atoms in total. The average molecular weight is 390 g/mol. The Morgan fingerprint density at radius 1 is 1.00 bits per heavy atom. The molecule has 0 saturated carbocycles. The first kappa shape index (κ1) is 18.2. The van der Waals surface area contributed by atoms with Crippen LogP contribution in [0.15, 0.2) is 69.0 Å². The van der Waals surface area contributed by atoms with Crippen LogP contribution in [0, 0.1) is 13.8 Å². The number of nitrogens with one attached hydrogen (secondary N) is 1. The van der Waals surface area contributed by atoms with E-state index in [9.17, 15) is 13.2 Å². The molecule has 0 atom stereocenters. The molecule has 3 rings (SSSR count). The second-order valence-electron chi connectivity index (χ2n) is 5.78. The highest BCUT2D eigenvalue weighted by atomic mass is 35.5. The molecule has 26 heavy (non-hydrogen) atoms. The standard InChI is InChI=1S/C19H16ClNO4S/c1-12-4-3-5-16(13(12)2)21-19(22)17-10-11-18(25-17)26(23,24)15-8-6-14(20)7-9-15/h3-11H,1-2H3,(H,21,22). The van der Waals surface area contributed by atoms with Gasteiger partial charge in [-0.25, -0.2) is 8.42 Å². The lowest BCUT2D eigenvalue weighted by Gasteiger charge is -2.09. The number of benzene rings is 2. The smallest absolute Gasteiger partial charge is 0.291 e. The van der Waals surface area contributed by atoms with Gasteiger partial charge < -0.3 is 9.73 Å². The number of sulfone groups is 1. The molecule has 2 aromatic carbocycles. The van der Waals surface area contributed by atoms with Crippen molar-refractivity contribution in [2.75, 3.05) is 5.32 Å². The summed E-state index contributed by atoms with van der Waals surface area (Å²) in [5.74, 6) is -0.602. The lowest BCUT2D eigenvalue weighted by molar-refractivity contribution is 0.0991. The van der Waals surface area contributed by atoms with Gasteiger partial charge >= 0.3 is 0 Å². The van der Waals surface area contributed by atoms with Crippen molar-refractivity contribution in [3.05, 3.63) is 76.5 Å². The summed E-state index contributed by atoms with van der Waals surface area (Å²) in [5, 5.41) is 2.86. The number of anilines is 1. The zero-order valence-electron chi connectivity index (χ0n) is 14.1. The van der Waals surface area contributed by atoms with Gasteiger partial charge in [-0.05, 0) is 67.4 Å². The lowest BCUT2D eigenvalue weighted by Crippen LogP contribution is -2.12. The van der Waals surface area contributed by atoms with Crippen LogP contribution in [-0.2, 0) is 9.84 Å². The Morgan fingerprint density at radius 2 is 1.69 bits per heavy atom. The van der Waals surface area contributed by atoms with Crippen LogP contribution in [0.2, 0.25) is 5.02 Å². The normalized spacial score (nSPS) is 11.3. The van der Waals surface area contributed by atoms with Crippen LogP contribution in [0.25, 0.3) is 0 Å². The Balaban J connectivity index is 1.86. The van der Waals surface area contributed by atoms with Crippen molar-refractivity contribution in [1.29, 1.82) is 0 Å². The van der Waals surface area contributed by atoms with E-state index in [0.717, 1.165) is 11.1 Å². The molecule has 0 bridgehead atoms. The van der Waals surface area contributed by atoms with Crippen molar-refractivity contribution in [2.45, 2.75) is 23.8 Å². The number of amides is 1. The Labute approximate surface area is 156 Å². The Hall–Kier alpha value is -2.57. The third-order valence-corrected chi connectivity index (χ3v) is 5.94. The van der Waals surface area contributed by atoms with E-state index >= 15 is 0 Å². The van der Waals surface area contributed by atoms with Gasteiger partial charge in [0.1, 0.15) is 0 Å². The highest BCUT2D eigenvalue weighted by Crippen LogP contribution is 2.25. The number of halogens is 1. The molecular weight excluding hydrogens is 374 g/mol. The second kappa shape index (κ2) is 6.97. The molecule has 0 aliphatic heterocycles. The van der Waals surface area contributed by atoms with Crippen molar-refractivity contribution >= 4 is 33.0 Å². The van der Waals surface area contributed by atoms with Gasteiger partial charge in [-0.1, -0.05) is 23.7 Å². The average Bonchev–Trinajstić information content (AvgIpc) is 3.10. The largest absolute Gasteiger partial charge is 0.439 e. The maximum Gasteiger partial charge on any atom is 0.291 e. The molecule has 0 unspecified atom stereocenters. The summed E-state index contributed by atoms with van der Waals surface area (Å²) in [6.45, 7) is 3.83. The number of furan rings is 1. The highest BCUT2D eigenvalue weighted by molar-refractivity contribution is 7.91. The molecular formula is C19H16ClNO4S. The predicted molar refractivity (Wildman–Crippen MR) is 99.5 cm³/mol. The molecule has 0 spiro atoms. The van der Waals surface area contributed by atoms with E-state index in [1.54, 1.807) is 6.07 Å². The van der Waals surface area contributed by atoms with Gasteiger partial charge in [-0.3, -0.25) is 4.79 Å². The fourth-order valence-corrected chi connectivity index (χ4v) is 3.69. The van der Waals surface area contributed by atoms with E-state index in [1.807, 2.05) is 26.0 Å². The van der Waals surface area contributed by atoms with Crippen LogP contribution in [-0.4, -0.2) is 14.3 Å². The number of carbonyl (C=O) groups is 1. The van der Waals surface area contributed by atoms with Crippen LogP contribution in [0.3, 0.4) is 0 Å². The van der Waals surface area contributed by atoms with Gasteiger partial charge in [-0.2, -0.15) is 0 Å². The van der Waals surface area contributed by atoms with Gasteiger partial charge in [0.05, 0.1) is 4.90 Å². The minimum atomic E-state index is -3.86. The maximum absolute atomic E-state index is 12.6. The van der Waals surface area contributed by atoms with E-state index in [0.29, 0.717) is 10.7 Å². The molecule has 1 N–H and O–H groups in total. The summed E-state index contributed by atoms with van der Waals surface area (Å²) in [6.07, 6.45) is 0. The van der Waals surface area contributed by atoms with Crippen LogP contribution in [0.5, 0.6) is 0 Å². The van der Waals surface area contributed by atoms with Crippen molar-refractivity contribution < 1.29 is 17.6 Å². The maximum atomic E-state index is 12.6. The minimum absolute atomic E-state index is 0.0396. The molecule has 134 valence electrons. The summed E-state index contributed by atoms with van der Waals surface area (Å²) < 4.78 is 30.4. The highest BCUT2D eigenvalue weighted by Gasteiger charge is 2.23. The summed E-state index contributed by atoms with van der Waals surface area (Å²) in [5.41, 5.74) is 2.61. The molecule has 0 saturated heterocycles. The lowest BCUT2D eigenvalue weighted by atomic mass is 10.1. The Kier molecular flexibility index (Phi) is 4.89. The molecule has 0 aliphatic carbocycles. The molecule has 0 aliphatic rings. The molecule has 0 fully saturated rings. The van der Waals surface area contributed by atoms with Crippen molar-refractivity contribution in [2.24, 2.45) is 0 Å². The van der Waals surface area contributed by atoms with Gasteiger partial charge in [0, 0.05) is 10.7 Å². The third-order valence-electron chi connectivity index (χ3n) is 4.05. The van der Waals surface area contributed by atoms with Gasteiger partial charge in [0.25, 0.3) is 5.91 Å². The van der Waals surface area contributed by atoms with Gasteiger partial charge in [-0.15, -0.1) is 0 Å². The van der Waals surface area contributed by atoms with E-state index in [2.05, 4.69) is 5.32 Å². The fraction of sp³-hybridized carbons (Fsp3) is 0.105. The number of rotatable bonds is 4. The summed E-state index contributed by atoms with van der Waals surface area (Å²) in [4.78, 5) is 12.4. The molecule has 1 aromatic heterocycles. The molecule has 7 heteroatoms. The third kappa shape index (κ3) is 3.52. The first-order valence-electron chi connectivity index (χ1n) is 7.77. The van der Waals surface area contributed by atoms with Crippen LogP contribution < -0.4 is 5.32 Å². The predicted octanol–water partition coefficient (Wildman–Crippen LogP) is 4.63. The number of carbonyl (C=O) groups excluding carboxylic acids is 1. The molecule has 1 amide bonds. The second-order valence-corrected chi connectivity index (χ2v) is 8.09. The number of hydrogen-bond acceptors (Lipinski definition) is 4. The van der Waals surface area contributed by atoms with Gasteiger partial charge in [0.15, 0.2) is 5.76 Å². The quantitative estimate of drug-likeness (QED) is 0.705. The monoisotopic (exact) mass is 389 g/mol. The van der Waals surface area contributed by atoms with E-state index < -0.39 is 15.7 Å². The van der Waals surface area contributed by atoms with Crippen molar-refractivity contribution in [1.82, 2.24) is 0 Å². The zero-order chi connectivity index (χ0) is 18.9. The van der Waals surface area contributed by atoms with Crippen LogP contribution in [0.4, 0.5) is 5.69 Å². The first-order valence-corrected chi connectivity index (χ1v) is 9.63. The minimum Gasteiger partial charge on any atom is -0.439 e. The van der Waals surface area contributed by atoms with Crippen molar-refractivity contribution in [3.63, 3.8) is 0 Å². The SMILES string of the molecule is Cc1cccc(NC(=O)c2ccc(S(=O)(=O)c3ccc(Cl)cc3)o2)c1C. The van der Waals surface area contributed by atoms with Crippen molar-refractivity contribution in [3.8, 4) is 0 Å². The summed E-state index contributed by atoms with van der Waals surface area (Å²) in [6, 6.07) is 13.9.